The van der Waals surface area contributed by atoms with Crippen LogP contribution in [-0.4, -0.2) is 55.6 Å². The molecule has 0 spiro atoms. The van der Waals surface area contributed by atoms with Crippen LogP contribution in [0, 0.1) is 0 Å². The van der Waals surface area contributed by atoms with Crippen LogP contribution in [0.25, 0.3) is 0 Å². The number of unbranched alkanes of at least 4 members (excludes halogenated alkanes) is 21. The molecule has 1 saturated carbocycles. The van der Waals surface area contributed by atoms with Gasteiger partial charge in [0.2, 0.25) is 0 Å². The van der Waals surface area contributed by atoms with E-state index in [4.69, 9.17) is 14.2 Å². The Morgan fingerprint density at radius 1 is 0.577 bits per heavy atom. The van der Waals surface area contributed by atoms with E-state index in [0.717, 1.165) is 38.6 Å². The number of hydrogen-bond acceptors (Lipinski definition) is 5. The minimum absolute atomic E-state index is 0.0605. The monoisotopic (exact) mass is 728 g/mol. The lowest BCUT2D eigenvalue weighted by atomic mass is 9.98. The molecule has 2 fully saturated rings. The van der Waals surface area contributed by atoms with Crippen molar-refractivity contribution in [2.45, 2.75) is 237 Å². The molecule has 1 saturated heterocycles. The second-order valence-electron chi connectivity index (χ2n) is 16.4. The molecule has 1 heterocycles. The van der Waals surface area contributed by atoms with Gasteiger partial charge in [-0.05, 0) is 84.7 Å². The van der Waals surface area contributed by atoms with Crippen LogP contribution < -0.4 is 0 Å². The zero-order valence-corrected chi connectivity index (χ0v) is 34.9. The second kappa shape index (κ2) is 31.9. The summed E-state index contributed by atoms with van der Waals surface area (Å²) in [6, 6.07) is 0. The Hall–Kier alpha value is -1.43. The summed E-state index contributed by atoms with van der Waals surface area (Å²) >= 11 is 0. The number of nitrogens with zero attached hydrogens (tertiary/aromatic N) is 1. The fourth-order valence-electron chi connectivity index (χ4n) is 7.79. The molecule has 52 heavy (non-hydrogen) atoms. The van der Waals surface area contributed by atoms with Gasteiger partial charge in [-0.25, -0.2) is 0 Å². The summed E-state index contributed by atoms with van der Waals surface area (Å²) in [6.45, 7) is 5.27. The van der Waals surface area contributed by atoms with E-state index in [1.807, 2.05) is 19.0 Å². The number of carbonyl (C=O) groups is 1. The van der Waals surface area contributed by atoms with E-state index in [2.05, 4.69) is 50.3 Å². The molecular formula is C47H85NO4. The van der Waals surface area contributed by atoms with Crippen LogP contribution in [0.3, 0.4) is 0 Å². The average molecular weight is 728 g/mol. The molecular weight excluding hydrogens is 643 g/mol. The number of hydrogen-bond donors (Lipinski definition) is 0. The molecule has 5 nitrogen and oxygen atoms in total. The molecule has 2 rings (SSSR count). The van der Waals surface area contributed by atoms with Gasteiger partial charge in [-0.2, -0.15) is 0 Å². The lowest BCUT2D eigenvalue weighted by Crippen LogP contribution is -2.33. The van der Waals surface area contributed by atoms with Crippen molar-refractivity contribution in [2.24, 2.45) is 0 Å². The molecule has 2 aliphatic rings. The maximum atomic E-state index is 12.4. The molecule has 0 aromatic rings. The summed E-state index contributed by atoms with van der Waals surface area (Å²) in [5.41, 5.74) is 0. The summed E-state index contributed by atoms with van der Waals surface area (Å²) in [5, 5.41) is 0. The van der Waals surface area contributed by atoms with Crippen LogP contribution in [0.1, 0.15) is 213 Å². The largest absolute Gasteiger partial charge is 0.462 e. The van der Waals surface area contributed by atoms with Gasteiger partial charge >= 0.3 is 5.97 Å². The molecule has 0 amide bonds. The standard InChI is InChI=1S/C47H85NO4/c1-5-7-9-11-13-15-17-19-21-23-25-27-29-31-33-35-38-47(51-44-41-43(42-45(44)52-47)50-46(49)37-40-48(3)4)39-36-34-32-30-28-26-24-22-20-18-16-14-12-10-8-6-2/h13,15,19-22,43-45H,5-12,14,16-18,23-42H2,1-4H3. The topological polar surface area (TPSA) is 48.0 Å². The van der Waals surface area contributed by atoms with Gasteiger partial charge in [0.1, 0.15) is 6.10 Å². The summed E-state index contributed by atoms with van der Waals surface area (Å²) < 4.78 is 19.4. The summed E-state index contributed by atoms with van der Waals surface area (Å²) in [5.74, 6) is -0.541. The quantitative estimate of drug-likeness (QED) is 0.0369. The third kappa shape index (κ3) is 24.1. The van der Waals surface area contributed by atoms with Gasteiger partial charge < -0.3 is 19.1 Å². The Morgan fingerprint density at radius 2 is 0.962 bits per heavy atom. The Balaban J connectivity index is 1.63. The van der Waals surface area contributed by atoms with Crippen LogP contribution in [0.2, 0.25) is 0 Å². The van der Waals surface area contributed by atoms with Crippen molar-refractivity contribution in [1.29, 1.82) is 0 Å². The average Bonchev–Trinajstić information content (AvgIpc) is 3.65. The maximum absolute atomic E-state index is 12.4. The van der Waals surface area contributed by atoms with E-state index in [0.29, 0.717) is 6.42 Å². The third-order valence-corrected chi connectivity index (χ3v) is 11.0. The van der Waals surface area contributed by atoms with E-state index >= 15 is 0 Å². The minimum atomic E-state index is -0.439. The molecule has 1 aliphatic heterocycles. The van der Waals surface area contributed by atoms with Crippen molar-refractivity contribution >= 4 is 5.97 Å². The number of carbonyl (C=O) groups excluding carboxylic acids is 1. The van der Waals surface area contributed by atoms with Crippen molar-refractivity contribution in [2.75, 3.05) is 20.6 Å². The van der Waals surface area contributed by atoms with Crippen LogP contribution >= 0.6 is 0 Å². The van der Waals surface area contributed by atoms with Gasteiger partial charge in [0.15, 0.2) is 5.79 Å². The van der Waals surface area contributed by atoms with Gasteiger partial charge in [-0.1, -0.05) is 147 Å². The maximum Gasteiger partial charge on any atom is 0.307 e. The van der Waals surface area contributed by atoms with E-state index in [1.54, 1.807) is 0 Å². The zero-order valence-electron chi connectivity index (χ0n) is 34.9. The number of esters is 1. The summed E-state index contributed by atoms with van der Waals surface area (Å²) in [4.78, 5) is 14.4. The molecule has 2 unspecified atom stereocenters. The highest BCUT2D eigenvalue weighted by atomic mass is 16.8. The van der Waals surface area contributed by atoms with E-state index < -0.39 is 5.79 Å². The zero-order chi connectivity index (χ0) is 37.4. The highest BCUT2D eigenvalue weighted by Gasteiger charge is 2.52. The first-order valence-electron chi connectivity index (χ1n) is 22.6. The number of fused-ring (bicyclic) bond motifs is 1. The van der Waals surface area contributed by atoms with E-state index in [1.165, 1.54) is 161 Å². The highest BCUT2D eigenvalue weighted by Crippen LogP contribution is 2.44. The molecule has 0 aromatic carbocycles. The van der Waals surface area contributed by atoms with Crippen molar-refractivity contribution in [3.05, 3.63) is 36.5 Å². The van der Waals surface area contributed by atoms with Crippen LogP contribution in [0.5, 0.6) is 0 Å². The SMILES string of the molecule is CCCCCC=CCC=CCCCCCCCCC1(CCCCCCCCC=CCCCCCCCC)OC2CC(OC(=O)CCN(C)C)CC2O1. The predicted octanol–water partition coefficient (Wildman–Crippen LogP) is 13.8. The molecule has 2 atom stereocenters. The number of rotatable bonds is 35. The molecule has 0 radical (unpaired) electrons. The van der Waals surface area contributed by atoms with Crippen molar-refractivity contribution in [3.63, 3.8) is 0 Å². The van der Waals surface area contributed by atoms with Crippen molar-refractivity contribution in [1.82, 2.24) is 4.90 Å². The lowest BCUT2D eigenvalue weighted by Gasteiger charge is -2.30. The first-order chi connectivity index (χ1) is 25.5. The Labute approximate surface area is 323 Å². The second-order valence-corrected chi connectivity index (χ2v) is 16.4. The van der Waals surface area contributed by atoms with Gasteiger partial charge in [0.25, 0.3) is 0 Å². The molecule has 1 aliphatic carbocycles. The van der Waals surface area contributed by atoms with E-state index in [-0.39, 0.29) is 24.3 Å². The summed E-state index contributed by atoms with van der Waals surface area (Å²) in [6.07, 6.45) is 51.9. The fraction of sp³-hybridized carbons (Fsp3) is 0.851. The first kappa shape index (κ1) is 46.7. The molecule has 302 valence electrons. The molecule has 0 aromatic heterocycles. The Kier molecular flexibility index (Phi) is 28.6. The minimum Gasteiger partial charge on any atom is -0.462 e. The Morgan fingerprint density at radius 3 is 1.42 bits per heavy atom. The van der Waals surface area contributed by atoms with Crippen molar-refractivity contribution < 1.29 is 19.0 Å². The van der Waals surface area contributed by atoms with Gasteiger partial charge in [-0.3, -0.25) is 4.79 Å². The van der Waals surface area contributed by atoms with Crippen LogP contribution in [-0.2, 0) is 19.0 Å². The van der Waals surface area contributed by atoms with Crippen LogP contribution in [0.4, 0.5) is 0 Å². The molecule has 0 N–H and O–H groups in total. The lowest BCUT2D eigenvalue weighted by molar-refractivity contribution is -0.196. The van der Waals surface area contributed by atoms with Gasteiger partial charge in [-0.15, -0.1) is 0 Å². The van der Waals surface area contributed by atoms with Gasteiger partial charge in [0.05, 0.1) is 18.6 Å². The first-order valence-corrected chi connectivity index (χ1v) is 22.6. The van der Waals surface area contributed by atoms with Crippen LogP contribution in [0.15, 0.2) is 36.5 Å². The smallest absolute Gasteiger partial charge is 0.307 e. The summed E-state index contributed by atoms with van der Waals surface area (Å²) in [7, 11) is 3.97. The molecule has 5 heteroatoms. The number of ether oxygens (including phenoxy) is 3. The highest BCUT2D eigenvalue weighted by molar-refractivity contribution is 5.69. The predicted molar refractivity (Wildman–Crippen MR) is 223 cm³/mol. The normalized spacial score (nSPS) is 21.8. The van der Waals surface area contributed by atoms with Crippen molar-refractivity contribution in [3.8, 4) is 0 Å². The Bertz CT molecular complexity index is 912. The third-order valence-electron chi connectivity index (χ3n) is 11.0. The fourth-order valence-corrected chi connectivity index (χ4v) is 7.79. The van der Waals surface area contributed by atoms with E-state index in [9.17, 15) is 4.79 Å². The number of allylic oxidation sites excluding steroid dienone is 6. The van der Waals surface area contributed by atoms with Gasteiger partial charge in [0, 0.05) is 32.2 Å². The molecule has 0 bridgehead atoms.